The lowest BCUT2D eigenvalue weighted by atomic mass is 10.00. The van der Waals surface area contributed by atoms with Crippen molar-refractivity contribution < 1.29 is 9.47 Å². The second-order valence-electron chi connectivity index (χ2n) is 6.05. The van der Waals surface area contributed by atoms with E-state index in [2.05, 4.69) is 27.4 Å². The fourth-order valence-electron chi connectivity index (χ4n) is 3.05. The van der Waals surface area contributed by atoms with Crippen molar-refractivity contribution >= 4 is 5.82 Å². The van der Waals surface area contributed by atoms with Gasteiger partial charge in [0.2, 0.25) is 0 Å². The number of ether oxygens (including phenoxy) is 2. The third-order valence-electron chi connectivity index (χ3n) is 4.30. The molecular weight excluding hydrogens is 278 g/mol. The molecule has 0 bridgehead atoms. The predicted molar refractivity (Wildman–Crippen MR) is 86.0 cm³/mol. The molecule has 120 valence electrons. The van der Waals surface area contributed by atoms with Crippen LogP contribution in [-0.4, -0.2) is 36.8 Å². The van der Waals surface area contributed by atoms with E-state index in [4.69, 9.17) is 9.47 Å². The van der Waals surface area contributed by atoms with E-state index in [-0.39, 0.29) is 0 Å². The molecular formula is C17H25N3O2. The van der Waals surface area contributed by atoms with E-state index >= 15 is 0 Å². The van der Waals surface area contributed by atoms with Crippen LogP contribution in [0.2, 0.25) is 0 Å². The third-order valence-corrected chi connectivity index (χ3v) is 4.30. The Labute approximate surface area is 132 Å². The first-order valence-electron chi connectivity index (χ1n) is 8.21. The van der Waals surface area contributed by atoms with Crippen molar-refractivity contribution in [2.45, 2.75) is 44.6 Å². The molecule has 1 aliphatic heterocycles. The summed E-state index contributed by atoms with van der Waals surface area (Å²) in [5, 5.41) is 3.46. The molecule has 1 aromatic rings. The van der Waals surface area contributed by atoms with Crippen molar-refractivity contribution in [3.8, 4) is 0 Å². The van der Waals surface area contributed by atoms with Crippen LogP contribution in [0, 0.1) is 0 Å². The summed E-state index contributed by atoms with van der Waals surface area (Å²) in [5.41, 5.74) is 2.56. The molecule has 22 heavy (non-hydrogen) atoms. The Hall–Kier alpha value is -1.46. The zero-order chi connectivity index (χ0) is 15.2. The molecule has 5 nitrogen and oxygen atoms in total. The van der Waals surface area contributed by atoms with Crippen LogP contribution in [0.5, 0.6) is 0 Å². The van der Waals surface area contributed by atoms with E-state index in [0.29, 0.717) is 12.5 Å². The van der Waals surface area contributed by atoms with E-state index < -0.39 is 0 Å². The topological polar surface area (TPSA) is 56.3 Å². The summed E-state index contributed by atoms with van der Waals surface area (Å²) < 4.78 is 10.7. The molecule has 5 heteroatoms. The zero-order valence-corrected chi connectivity index (χ0v) is 13.3. The second kappa shape index (κ2) is 7.70. The van der Waals surface area contributed by atoms with Crippen LogP contribution in [0.4, 0.5) is 5.82 Å². The van der Waals surface area contributed by atoms with Gasteiger partial charge >= 0.3 is 0 Å². The van der Waals surface area contributed by atoms with Crippen LogP contribution in [0.15, 0.2) is 17.7 Å². The lowest BCUT2D eigenvalue weighted by molar-refractivity contribution is 0.177. The fourth-order valence-corrected chi connectivity index (χ4v) is 3.05. The van der Waals surface area contributed by atoms with Gasteiger partial charge in [-0.25, -0.2) is 9.97 Å². The standard InChI is InChI=1S/C17H25N3O2/c1-21-12-17-19-15(14-7-8-22-11-14)9-16(20-17)18-10-13-5-3-2-4-6-13/h5,9,14H,2-4,6-8,10-12H2,1H3,(H,18,19,20). The number of allylic oxidation sites excluding steroid dienone is 1. The molecule has 2 heterocycles. The average Bonchev–Trinajstić information content (AvgIpc) is 3.09. The third kappa shape index (κ3) is 4.05. The highest BCUT2D eigenvalue weighted by molar-refractivity contribution is 5.39. The first kappa shape index (κ1) is 15.4. The summed E-state index contributed by atoms with van der Waals surface area (Å²) >= 11 is 0. The van der Waals surface area contributed by atoms with Gasteiger partial charge < -0.3 is 14.8 Å². The van der Waals surface area contributed by atoms with Crippen LogP contribution in [0.3, 0.4) is 0 Å². The largest absolute Gasteiger partial charge is 0.381 e. The first-order valence-corrected chi connectivity index (χ1v) is 8.21. The number of nitrogens with zero attached hydrogens (tertiary/aromatic N) is 2. The predicted octanol–water partition coefficient (Wildman–Crippen LogP) is 3.04. The van der Waals surface area contributed by atoms with Gasteiger partial charge in [0, 0.05) is 32.2 Å². The van der Waals surface area contributed by atoms with Crippen LogP contribution >= 0.6 is 0 Å². The molecule has 0 aromatic carbocycles. The molecule has 0 radical (unpaired) electrons. The van der Waals surface area contributed by atoms with Crippen molar-refractivity contribution in [2.24, 2.45) is 0 Å². The Kier molecular flexibility index (Phi) is 5.40. The molecule has 1 saturated heterocycles. The van der Waals surface area contributed by atoms with Crippen molar-refractivity contribution in [2.75, 3.05) is 32.2 Å². The minimum atomic E-state index is 0.382. The molecule has 0 spiro atoms. The molecule has 2 aliphatic rings. The minimum absolute atomic E-state index is 0.382. The number of aromatic nitrogens is 2. The molecule has 1 N–H and O–H groups in total. The summed E-state index contributed by atoms with van der Waals surface area (Å²) in [6, 6.07) is 2.07. The Morgan fingerprint density at radius 2 is 2.32 bits per heavy atom. The van der Waals surface area contributed by atoms with E-state index in [1.807, 2.05) is 0 Å². The number of hydrogen-bond acceptors (Lipinski definition) is 5. The Balaban J connectivity index is 1.71. The van der Waals surface area contributed by atoms with E-state index in [0.717, 1.165) is 43.5 Å². The summed E-state index contributed by atoms with van der Waals surface area (Å²) in [6.07, 6.45) is 8.43. The van der Waals surface area contributed by atoms with Crippen molar-refractivity contribution in [1.29, 1.82) is 0 Å². The normalized spacial score (nSPS) is 21.7. The highest BCUT2D eigenvalue weighted by atomic mass is 16.5. The molecule has 1 fully saturated rings. The molecule has 0 saturated carbocycles. The maximum atomic E-state index is 5.49. The molecule has 1 aliphatic carbocycles. The van der Waals surface area contributed by atoms with Crippen molar-refractivity contribution in [1.82, 2.24) is 9.97 Å². The van der Waals surface area contributed by atoms with Gasteiger partial charge in [0.05, 0.1) is 12.3 Å². The molecule has 0 amide bonds. The summed E-state index contributed by atoms with van der Waals surface area (Å²) in [4.78, 5) is 9.19. The van der Waals surface area contributed by atoms with Gasteiger partial charge in [-0.15, -0.1) is 0 Å². The van der Waals surface area contributed by atoms with Gasteiger partial charge in [0.25, 0.3) is 0 Å². The first-order chi connectivity index (χ1) is 10.8. The number of hydrogen-bond donors (Lipinski definition) is 1. The van der Waals surface area contributed by atoms with E-state index in [1.165, 1.54) is 31.3 Å². The maximum absolute atomic E-state index is 5.49. The van der Waals surface area contributed by atoms with Gasteiger partial charge in [-0.3, -0.25) is 0 Å². The quantitative estimate of drug-likeness (QED) is 0.819. The Morgan fingerprint density at radius 1 is 1.36 bits per heavy atom. The van der Waals surface area contributed by atoms with Crippen molar-refractivity contribution in [3.05, 3.63) is 29.2 Å². The van der Waals surface area contributed by atoms with Crippen LogP contribution < -0.4 is 5.32 Å². The monoisotopic (exact) mass is 303 g/mol. The van der Waals surface area contributed by atoms with Gasteiger partial charge in [0.1, 0.15) is 12.4 Å². The Bertz CT molecular complexity index is 525. The molecule has 1 atom stereocenters. The summed E-state index contributed by atoms with van der Waals surface area (Å²) in [7, 11) is 1.68. The highest BCUT2D eigenvalue weighted by Gasteiger charge is 2.20. The number of methoxy groups -OCH3 is 1. The smallest absolute Gasteiger partial charge is 0.156 e. The number of nitrogens with one attached hydrogen (secondary N) is 1. The molecule has 1 unspecified atom stereocenters. The van der Waals surface area contributed by atoms with E-state index in [9.17, 15) is 0 Å². The van der Waals surface area contributed by atoms with Crippen LogP contribution in [0.1, 0.15) is 49.5 Å². The number of anilines is 1. The summed E-state index contributed by atoms with van der Waals surface area (Å²) in [6.45, 7) is 2.90. The molecule has 3 rings (SSSR count). The maximum Gasteiger partial charge on any atom is 0.156 e. The van der Waals surface area contributed by atoms with Crippen LogP contribution in [0.25, 0.3) is 0 Å². The number of rotatable bonds is 6. The van der Waals surface area contributed by atoms with Gasteiger partial charge in [0.15, 0.2) is 5.82 Å². The zero-order valence-electron chi connectivity index (χ0n) is 13.3. The highest BCUT2D eigenvalue weighted by Crippen LogP contribution is 2.25. The lowest BCUT2D eigenvalue weighted by Crippen LogP contribution is -2.12. The molecule has 1 aromatic heterocycles. The van der Waals surface area contributed by atoms with Crippen LogP contribution in [-0.2, 0) is 16.1 Å². The van der Waals surface area contributed by atoms with E-state index in [1.54, 1.807) is 7.11 Å². The fraction of sp³-hybridized carbons (Fsp3) is 0.647. The van der Waals surface area contributed by atoms with Gasteiger partial charge in [-0.2, -0.15) is 0 Å². The van der Waals surface area contributed by atoms with Crippen molar-refractivity contribution in [3.63, 3.8) is 0 Å². The Morgan fingerprint density at radius 3 is 3.05 bits per heavy atom. The second-order valence-corrected chi connectivity index (χ2v) is 6.05. The summed E-state index contributed by atoms with van der Waals surface area (Å²) in [5.74, 6) is 2.02. The lowest BCUT2D eigenvalue weighted by Gasteiger charge is -2.16. The average molecular weight is 303 g/mol. The van der Waals surface area contributed by atoms with Gasteiger partial charge in [-0.1, -0.05) is 11.6 Å². The van der Waals surface area contributed by atoms with Gasteiger partial charge in [-0.05, 0) is 32.1 Å². The SMILES string of the molecule is COCc1nc(NCC2=CCCCC2)cc(C2CCOC2)n1. The minimum Gasteiger partial charge on any atom is -0.381 e.